The number of methoxy groups -OCH3 is 1. The molecule has 4 aromatic rings. The van der Waals surface area contributed by atoms with Gasteiger partial charge in [0, 0.05) is 6.54 Å². The van der Waals surface area contributed by atoms with Crippen molar-refractivity contribution < 1.29 is 9.15 Å². The van der Waals surface area contributed by atoms with Crippen LogP contribution in [0, 0.1) is 6.92 Å². The van der Waals surface area contributed by atoms with Gasteiger partial charge in [-0.05, 0) is 50.6 Å². The Morgan fingerprint density at radius 3 is 2.83 bits per heavy atom. The molecule has 0 spiro atoms. The first kappa shape index (κ1) is 18.3. The average molecular weight is 406 g/mol. The maximum Gasteiger partial charge on any atom is 0.230 e. The van der Waals surface area contributed by atoms with Crippen LogP contribution in [-0.2, 0) is 6.54 Å². The molecular formula is C23H23N3O2S. The molecular weight excluding hydrogens is 382 g/mol. The molecule has 1 atom stereocenters. The minimum atomic E-state index is 0.346. The van der Waals surface area contributed by atoms with E-state index in [0.29, 0.717) is 11.9 Å². The molecule has 5 rings (SSSR count). The predicted molar refractivity (Wildman–Crippen MR) is 115 cm³/mol. The molecule has 2 aromatic carbocycles. The molecule has 1 unspecified atom stereocenters. The Morgan fingerprint density at radius 2 is 1.97 bits per heavy atom. The largest absolute Gasteiger partial charge is 0.496 e. The summed E-state index contributed by atoms with van der Waals surface area (Å²) in [6.45, 7) is 3.81. The normalized spacial score (nSPS) is 17.2. The van der Waals surface area contributed by atoms with Gasteiger partial charge in [-0.1, -0.05) is 24.3 Å². The third kappa shape index (κ3) is 3.43. The van der Waals surface area contributed by atoms with E-state index >= 15 is 0 Å². The molecule has 1 aliphatic heterocycles. The molecule has 0 N–H and O–H groups in total. The van der Waals surface area contributed by atoms with Crippen molar-refractivity contribution in [3.05, 3.63) is 65.0 Å². The summed E-state index contributed by atoms with van der Waals surface area (Å²) >= 11 is 1.81. The number of likely N-dealkylation sites (tertiary alicyclic amines) is 1. The van der Waals surface area contributed by atoms with E-state index in [9.17, 15) is 0 Å². The highest BCUT2D eigenvalue weighted by molar-refractivity contribution is 7.18. The number of aromatic nitrogens is 2. The molecule has 0 radical (unpaired) electrons. The molecule has 1 fully saturated rings. The number of hydrogen-bond acceptors (Lipinski definition) is 6. The standard InChI is InChI=1S/C23H23N3O2S/c1-15-18(24-22(28-15)16-8-3-5-11-20(16)27-2)14-26-13-7-10-19(26)23-25-17-9-4-6-12-21(17)29-23/h3-6,8-9,11-12,19H,7,10,13-14H2,1-2H3. The maximum absolute atomic E-state index is 6.01. The molecule has 3 heterocycles. The lowest BCUT2D eigenvalue weighted by Gasteiger charge is -2.21. The van der Waals surface area contributed by atoms with Crippen LogP contribution in [0.15, 0.2) is 52.9 Å². The van der Waals surface area contributed by atoms with Crippen LogP contribution in [0.3, 0.4) is 0 Å². The van der Waals surface area contributed by atoms with Gasteiger partial charge in [0.2, 0.25) is 5.89 Å². The summed E-state index contributed by atoms with van der Waals surface area (Å²) < 4.78 is 12.7. The number of ether oxygens (including phenoxy) is 1. The minimum Gasteiger partial charge on any atom is -0.496 e. The second kappa shape index (κ2) is 7.61. The first-order valence-electron chi connectivity index (χ1n) is 9.92. The smallest absolute Gasteiger partial charge is 0.230 e. The van der Waals surface area contributed by atoms with Crippen LogP contribution in [-0.4, -0.2) is 28.5 Å². The van der Waals surface area contributed by atoms with Crippen LogP contribution in [0.25, 0.3) is 21.7 Å². The Morgan fingerprint density at radius 1 is 1.14 bits per heavy atom. The zero-order valence-corrected chi connectivity index (χ0v) is 17.4. The van der Waals surface area contributed by atoms with Crippen molar-refractivity contribution in [3.8, 4) is 17.2 Å². The van der Waals surface area contributed by atoms with Gasteiger partial charge in [-0.15, -0.1) is 11.3 Å². The number of fused-ring (bicyclic) bond motifs is 1. The number of oxazole rings is 1. The van der Waals surface area contributed by atoms with Gasteiger partial charge in [0.15, 0.2) is 0 Å². The van der Waals surface area contributed by atoms with E-state index in [2.05, 4.69) is 29.2 Å². The SMILES string of the molecule is COc1ccccc1-c1nc(CN2CCCC2c2nc3ccccc3s2)c(C)o1. The molecule has 0 amide bonds. The molecule has 1 saturated heterocycles. The first-order valence-corrected chi connectivity index (χ1v) is 10.7. The summed E-state index contributed by atoms with van der Waals surface area (Å²) in [5, 5.41) is 1.20. The molecule has 0 bridgehead atoms. The topological polar surface area (TPSA) is 51.4 Å². The van der Waals surface area contributed by atoms with Gasteiger partial charge in [-0.3, -0.25) is 4.90 Å². The fourth-order valence-electron chi connectivity index (χ4n) is 4.03. The van der Waals surface area contributed by atoms with Crippen LogP contribution in [0.1, 0.15) is 35.3 Å². The summed E-state index contributed by atoms with van der Waals surface area (Å²) in [4.78, 5) is 12.2. The molecule has 148 valence electrons. The van der Waals surface area contributed by atoms with Crippen LogP contribution < -0.4 is 4.74 Å². The van der Waals surface area contributed by atoms with E-state index in [1.165, 1.54) is 16.1 Å². The summed E-state index contributed by atoms with van der Waals surface area (Å²) in [6.07, 6.45) is 2.31. The van der Waals surface area contributed by atoms with Gasteiger partial charge in [-0.25, -0.2) is 9.97 Å². The predicted octanol–water partition coefficient (Wildman–Crippen LogP) is 5.61. The fourth-order valence-corrected chi connectivity index (χ4v) is 5.17. The third-order valence-corrected chi connectivity index (χ3v) is 6.68. The van der Waals surface area contributed by atoms with Gasteiger partial charge in [0.1, 0.15) is 16.5 Å². The van der Waals surface area contributed by atoms with Crippen LogP contribution in [0.2, 0.25) is 0 Å². The van der Waals surface area contributed by atoms with E-state index in [1.807, 2.05) is 31.2 Å². The molecule has 0 saturated carbocycles. The molecule has 5 nitrogen and oxygen atoms in total. The van der Waals surface area contributed by atoms with E-state index in [-0.39, 0.29) is 0 Å². The van der Waals surface area contributed by atoms with Crippen LogP contribution >= 0.6 is 11.3 Å². The molecule has 29 heavy (non-hydrogen) atoms. The van der Waals surface area contributed by atoms with E-state index in [0.717, 1.165) is 47.8 Å². The Hall–Kier alpha value is -2.70. The Labute approximate surface area is 174 Å². The average Bonchev–Trinajstić information content (AvgIpc) is 3.46. The number of benzene rings is 2. The lowest BCUT2D eigenvalue weighted by molar-refractivity contribution is 0.244. The van der Waals surface area contributed by atoms with Crippen LogP contribution in [0.4, 0.5) is 0 Å². The monoisotopic (exact) mass is 405 g/mol. The fraction of sp³-hybridized carbons (Fsp3) is 0.304. The third-order valence-electron chi connectivity index (χ3n) is 5.54. The summed E-state index contributed by atoms with van der Waals surface area (Å²) in [7, 11) is 1.67. The molecule has 0 aliphatic carbocycles. The quantitative estimate of drug-likeness (QED) is 0.432. The van der Waals surface area contributed by atoms with Gasteiger partial charge in [0.25, 0.3) is 0 Å². The van der Waals surface area contributed by atoms with Gasteiger partial charge in [0.05, 0.1) is 34.6 Å². The number of thiazole rings is 1. The number of nitrogens with zero attached hydrogens (tertiary/aromatic N) is 3. The molecule has 6 heteroatoms. The van der Waals surface area contributed by atoms with Gasteiger partial charge >= 0.3 is 0 Å². The van der Waals surface area contributed by atoms with E-state index < -0.39 is 0 Å². The van der Waals surface area contributed by atoms with Crippen LogP contribution in [0.5, 0.6) is 5.75 Å². The van der Waals surface area contributed by atoms with Crippen molar-refractivity contribution in [2.75, 3.05) is 13.7 Å². The van der Waals surface area contributed by atoms with Crippen molar-refractivity contribution in [1.82, 2.24) is 14.9 Å². The first-order chi connectivity index (χ1) is 14.2. The minimum absolute atomic E-state index is 0.346. The Bertz CT molecular complexity index is 1120. The molecule has 2 aromatic heterocycles. The van der Waals surface area contributed by atoms with Crippen molar-refractivity contribution >= 4 is 21.6 Å². The van der Waals surface area contributed by atoms with Crippen molar-refractivity contribution in [2.45, 2.75) is 32.4 Å². The number of aryl methyl sites for hydroxylation is 1. The highest BCUT2D eigenvalue weighted by Crippen LogP contribution is 2.38. The zero-order chi connectivity index (χ0) is 19.8. The highest BCUT2D eigenvalue weighted by atomic mass is 32.1. The van der Waals surface area contributed by atoms with Crippen molar-refractivity contribution in [3.63, 3.8) is 0 Å². The molecule has 1 aliphatic rings. The summed E-state index contributed by atoms with van der Waals surface area (Å²) in [6, 6.07) is 16.6. The summed E-state index contributed by atoms with van der Waals surface area (Å²) in [5.41, 5.74) is 2.96. The van der Waals surface area contributed by atoms with Crippen molar-refractivity contribution in [1.29, 1.82) is 0 Å². The summed E-state index contributed by atoms with van der Waals surface area (Å²) in [5.74, 6) is 2.25. The number of para-hydroxylation sites is 2. The maximum atomic E-state index is 6.01. The second-order valence-corrected chi connectivity index (χ2v) is 8.43. The lowest BCUT2D eigenvalue weighted by Crippen LogP contribution is -2.23. The number of rotatable bonds is 5. The van der Waals surface area contributed by atoms with Gasteiger partial charge in [-0.2, -0.15) is 0 Å². The highest BCUT2D eigenvalue weighted by Gasteiger charge is 2.30. The lowest BCUT2D eigenvalue weighted by atomic mass is 10.2. The second-order valence-electron chi connectivity index (χ2n) is 7.37. The van der Waals surface area contributed by atoms with E-state index in [1.54, 1.807) is 18.4 Å². The van der Waals surface area contributed by atoms with E-state index in [4.69, 9.17) is 19.1 Å². The Kier molecular flexibility index (Phi) is 4.81. The Balaban J connectivity index is 1.41. The number of hydrogen-bond donors (Lipinski definition) is 0. The van der Waals surface area contributed by atoms with Gasteiger partial charge < -0.3 is 9.15 Å². The zero-order valence-electron chi connectivity index (χ0n) is 16.6. The van der Waals surface area contributed by atoms with Crippen molar-refractivity contribution in [2.24, 2.45) is 0 Å².